The molecule has 0 aliphatic carbocycles. The van der Waals surface area contributed by atoms with Crippen LogP contribution in [0, 0.1) is 18.6 Å². The monoisotopic (exact) mass is 613 g/mol. The van der Waals surface area contributed by atoms with Gasteiger partial charge in [-0.15, -0.1) is 0 Å². The van der Waals surface area contributed by atoms with E-state index >= 15 is 0 Å². The van der Waals surface area contributed by atoms with Gasteiger partial charge in [-0.05, 0) is 54.8 Å². The van der Waals surface area contributed by atoms with Gasteiger partial charge < -0.3 is 18.8 Å². The smallest absolute Gasteiger partial charge is 0.286 e. The number of ether oxygens (including phenoxy) is 3. The normalized spacial score (nSPS) is 12.8. The highest BCUT2D eigenvalue weighted by Gasteiger charge is 2.17. The molecular weight excluding hydrogens is 584 g/mol. The minimum absolute atomic E-state index is 0.143. The van der Waals surface area contributed by atoms with E-state index in [0.717, 1.165) is 11.1 Å². The number of nitrogens with zero attached hydrogens (tertiary/aromatic N) is 3. The van der Waals surface area contributed by atoms with Crippen LogP contribution in [0.25, 0.3) is 11.3 Å². The molecule has 0 amide bonds. The van der Waals surface area contributed by atoms with Crippen LogP contribution in [0.1, 0.15) is 34.9 Å². The first-order valence-corrected chi connectivity index (χ1v) is 15.1. The summed E-state index contributed by atoms with van der Waals surface area (Å²) >= 11 is 1.45. The average molecular weight is 614 g/mol. The van der Waals surface area contributed by atoms with E-state index in [9.17, 15) is 13.6 Å². The third-order valence-corrected chi connectivity index (χ3v) is 8.02. The highest BCUT2D eigenvalue weighted by Crippen LogP contribution is 2.33. The van der Waals surface area contributed by atoms with Gasteiger partial charge in [-0.25, -0.2) is 18.7 Å². The van der Waals surface area contributed by atoms with E-state index < -0.39 is 11.4 Å². The van der Waals surface area contributed by atoms with Crippen molar-refractivity contribution in [1.82, 2.24) is 14.5 Å². The first-order valence-electron chi connectivity index (χ1n) is 14.1. The predicted octanol–water partition coefficient (Wildman–Crippen LogP) is 7.11. The molecule has 0 bridgehead atoms. The third kappa shape index (κ3) is 6.98. The van der Waals surface area contributed by atoms with Crippen molar-refractivity contribution in [3.05, 3.63) is 135 Å². The number of thioether (sulfide) groups is 1. The molecule has 224 valence electrons. The fourth-order valence-electron chi connectivity index (χ4n) is 4.92. The summed E-state index contributed by atoms with van der Waals surface area (Å²) in [4.78, 5) is 21.9. The summed E-state index contributed by atoms with van der Waals surface area (Å²) in [6.45, 7) is 2.29. The molecule has 1 atom stereocenters. The summed E-state index contributed by atoms with van der Waals surface area (Å²) in [5.41, 5.74) is 3.22. The number of halogens is 2. The lowest BCUT2D eigenvalue weighted by Gasteiger charge is -2.18. The summed E-state index contributed by atoms with van der Waals surface area (Å²) in [7, 11) is 0. The second kappa shape index (κ2) is 13.4. The number of hydrogen-bond donors (Lipinski definition) is 0. The Kier molecular flexibility index (Phi) is 8.99. The highest BCUT2D eigenvalue weighted by molar-refractivity contribution is 7.99. The molecule has 1 unspecified atom stereocenters. The van der Waals surface area contributed by atoms with E-state index in [1.54, 1.807) is 42.6 Å². The average Bonchev–Trinajstić information content (AvgIpc) is 3.50. The second-order valence-electron chi connectivity index (χ2n) is 10.3. The first-order chi connectivity index (χ1) is 21.4. The summed E-state index contributed by atoms with van der Waals surface area (Å²) in [5.74, 6) is 0.679. The Labute approximate surface area is 257 Å². The number of aryl methyl sites for hydroxylation is 1. The van der Waals surface area contributed by atoms with Gasteiger partial charge in [0.2, 0.25) is 6.79 Å². The number of hydrogen-bond acceptors (Lipinski definition) is 7. The fourth-order valence-corrected chi connectivity index (χ4v) is 5.81. The Morgan fingerprint density at radius 3 is 2.57 bits per heavy atom. The van der Waals surface area contributed by atoms with Crippen LogP contribution in [0.5, 0.6) is 11.5 Å². The Bertz CT molecular complexity index is 1830. The molecule has 0 fully saturated rings. The summed E-state index contributed by atoms with van der Waals surface area (Å²) in [6.07, 6.45) is 1.97. The van der Waals surface area contributed by atoms with Crippen molar-refractivity contribution < 1.29 is 23.0 Å². The molecule has 0 saturated heterocycles. The number of aromatic nitrogens is 3. The molecule has 0 saturated carbocycles. The quantitative estimate of drug-likeness (QED) is 0.116. The van der Waals surface area contributed by atoms with Crippen LogP contribution >= 0.6 is 11.8 Å². The summed E-state index contributed by atoms with van der Waals surface area (Å²) < 4.78 is 47.4. The molecule has 0 radical (unpaired) electrons. The van der Waals surface area contributed by atoms with Gasteiger partial charge in [-0.3, -0.25) is 4.79 Å². The number of rotatable bonds is 11. The molecule has 0 spiro atoms. The van der Waals surface area contributed by atoms with Crippen molar-refractivity contribution in [3.63, 3.8) is 0 Å². The molecule has 3 heterocycles. The van der Waals surface area contributed by atoms with E-state index in [1.807, 2.05) is 43.3 Å². The number of pyridine rings is 1. The Morgan fingerprint density at radius 1 is 0.932 bits per heavy atom. The molecule has 1 aliphatic heterocycles. The maximum absolute atomic E-state index is 14.9. The van der Waals surface area contributed by atoms with Crippen molar-refractivity contribution in [2.75, 3.05) is 12.5 Å². The zero-order valence-electron chi connectivity index (χ0n) is 23.9. The highest BCUT2D eigenvalue weighted by atomic mass is 32.2. The van der Waals surface area contributed by atoms with Crippen LogP contribution < -0.4 is 15.0 Å². The van der Waals surface area contributed by atoms with E-state index in [4.69, 9.17) is 14.2 Å². The van der Waals surface area contributed by atoms with Gasteiger partial charge in [0.1, 0.15) is 5.82 Å². The molecule has 1 aliphatic rings. The maximum Gasteiger partial charge on any atom is 0.286 e. The summed E-state index contributed by atoms with van der Waals surface area (Å²) in [5, 5.41) is 0.523. The Morgan fingerprint density at radius 2 is 1.73 bits per heavy atom. The Balaban J connectivity index is 1.17. The molecule has 2 aromatic heterocycles. The zero-order valence-corrected chi connectivity index (χ0v) is 24.7. The van der Waals surface area contributed by atoms with Gasteiger partial charge >= 0.3 is 0 Å². The molecule has 5 aromatic rings. The molecule has 3 aromatic carbocycles. The van der Waals surface area contributed by atoms with Crippen LogP contribution in [0.2, 0.25) is 0 Å². The van der Waals surface area contributed by atoms with E-state index in [-0.39, 0.29) is 31.9 Å². The number of benzene rings is 3. The molecular formula is C34H29F2N3O4S. The topological polar surface area (TPSA) is 75.5 Å². The van der Waals surface area contributed by atoms with Crippen molar-refractivity contribution in [1.29, 1.82) is 0 Å². The summed E-state index contributed by atoms with van der Waals surface area (Å²) in [6, 6.07) is 24.7. The van der Waals surface area contributed by atoms with Crippen LogP contribution in [0.4, 0.5) is 8.78 Å². The Hall–Kier alpha value is -4.54. The minimum atomic E-state index is -0.869. The molecule has 6 rings (SSSR count). The molecule has 7 nitrogen and oxygen atoms in total. The predicted molar refractivity (Wildman–Crippen MR) is 164 cm³/mol. The lowest BCUT2D eigenvalue weighted by Crippen LogP contribution is -2.23. The van der Waals surface area contributed by atoms with Gasteiger partial charge in [0.05, 0.1) is 24.9 Å². The van der Waals surface area contributed by atoms with Crippen LogP contribution in [-0.2, 0) is 17.9 Å². The van der Waals surface area contributed by atoms with Gasteiger partial charge in [0, 0.05) is 28.8 Å². The van der Waals surface area contributed by atoms with E-state index in [0.29, 0.717) is 51.3 Å². The molecule has 44 heavy (non-hydrogen) atoms. The lowest BCUT2D eigenvalue weighted by molar-refractivity contribution is 0.0364. The van der Waals surface area contributed by atoms with E-state index in [2.05, 4.69) is 9.97 Å². The second-order valence-corrected chi connectivity index (χ2v) is 11.4. The zero-order chi connectivity index (χ0) is 30.5. The largest absolute Gasteiger partial charge is 0.454 e. The van der Waals surface area contributed by atoms with Crippen molar-refractivity contribution in [3.8, 4) is 22.8 Å². The molecule has 10 heteroatoms. The fraction of sp³-hybridized carbons (Fsp3) is 0.206. The minimum Gasteiger partial charge on any atom is -0.454 e. The van der Waals surface area contributed by atoms with Crippen molar-refractivity contribution >= 4 is 11.8 Å². The standard InChI is InChI=1S/C34H29F2N3O4S/c1-22-15-29(26-17-28(36)33(40)39(19-26)18-23-11-12-31-32(16-23)43-21-42-31)38-34(37-22)44-14-13-30(24-7-3-2-4-8-24)41-20-25-9-5-6-10-27(25)35/h2-12,15-17,19,30H,13-14,18,20-21H2,1H3. The number of fused-ring (bicyclic) bond motifs is 1. The first kappa shape index (κ1) is 29.5. The van der Waals surface area contributed by atoms with Gasteiger partial charge in [0.15, 0.2) is 22.5 Å². The van der Waals surface area contributed by atoms with E-state index in [1.165, 1.54) is 28.5 Å². The lowest BCUT2D eigenvalue weighted by atomic mass is 10.1. The van der Waals surface area contributed by atoms with Crippen LogP contribution in [0.3, 0.4) is 0 Å². The SMILES string of the molecule is Cc1cc(-c2cc(F)c(=O)n(Cc3ccc4c(c3)OCO4)c2)nc(SCCC(OCc2ccccc2F)c2ccccc2)n1. The van der Waals surface area contributed by atoms with Crippen molar-refractivity contribution in [2.45, 2.75) is 37.8 Å². The third-order valence-electron chi connectivity index (χ3n) is 7.14. The van der Waals surface area contributed by atoms with Gasteiger partial charge in [-0.1, -0.05) is 66.4 Å². The van der Waals surface area contributed by atoms with Gasteiger partial charge in [-0.2, -0.15) is 0 Å². The molecule has 0 N–H and O–H groups in total. The van der Waals surface area contributed by atoms with Crippen LogP contribution in [-0.4, -0.2) is 27.1 Å². The maximum atomic E-state index is 14.9. The van der Waals surface area contributed by atoms with Crippen LogP contribution in [0.15, 0.2) is 101 Å². The van der Waals surface area contributed by atoms with Crippen molar-refractivity contribution in [2.24, 2.45) is 0 Å². The van der Waals surface area contributed by atoms with Gasteiger partial charge in [0.25, 0.3) is 5.56 Å².